The van der Waals surface area contributed by atoms with Gasteiger partial charge in [0.25, 0.3) is 0 Å². The molecule has 0 bridgehead atoms. The van der Waals surface area contributed by atoms with Gasteiger partial charge in [0.15, 0.2) is 0 Å². The molecule has 0 saturated heterocycles. The van der Waals surface area contributed by atoms with E-state index in [1.165, 1.54) is 38.5 Å². The molecule has 17 heavy (non-hydrogen) atoms. The van der Waals surface area contributed by atoms with Crippen LogP contribution in [0.4, 0.5) is 0 Å². The van der Waals surface area contributed by atoms with E-state index in [1.54, 1.807) is 0 Å². The van der Waals surface area contributed by atoms with Gasteiger partial charge in [-0.2, -0.15) is 0 Å². The topological polar surface area (TPSA) is 12.0 Å². The normalized spacial score (nSPS) is 18.7. The van der Waals surface area contributed by atoms with Gasteiger partial charge in [-0.25, -0.2) is 0 Å². The Kier molecular flexibility index (Phi) is 9.91. The molecule has 4 unspecified atom stereocenters. The van der Waals surface area contributed by atoms with Gasteiger partial charge in [-0.1, -0.05) is 53.4 Å². The first-order valence-corrected chi connectivity index (χ1v) is 7.86. The second-order valence-corrected chi connectivity index (χ2v) is 5.66. The molecule has 0 heterocycles. The molecule has 4 atom stereocenters. The van der Waals surface area contributed by atoms with Crippen molar-refractivity contribution in [1.82, 2.24) is 5.32 Å². The lowest BCUT2D eigenvalue weighted by molar-refractivity contribution is 0.262. The van der Waals surface area contributed by atoms with Crippen LogP contribution in [0.15, 0.2) is 0 Å². The maximum absolute atomic E-state index is 3.85. The molecule has 0 aromatic rings. The van der Waals surface area contributed by atoms with E-state index < -0.39 is 0 Å². The third-order valence-electron chi connectivity index (χ3n) is 4.31. The first kappa shape index (κ1) is 17.0. The molecule has 0 aliphatic carbocycles. The molecule has 104 valence electrons. The van der Waals surface area contributed by atoms with E-state index in [4.69, 9.17) is 0 Å². The summed E-state index contributed by atoms with van der Waals surface area (Å²) in [6.07, 6.45) is 7.96. The largest absolute Gasteiger partial charge is 0.311 e. The predicted molar refractivity (Wildman–Crippen MR) is 79.4 cm³/mol. The van der Waals surface area contributed by atoms with Gasteiger partial charge in [-0.3, -0.25) is 0 Å². The van der Waals surface area contributed by atoms with Gasteiger partial charge < -0.3 is 5.32 Å². The van der Waals surface area contributed by atoms with Crippen molar-refractivity contribution in [2.45, 2.75) is 92.2 Å². The second-order valence-electron chi connectivity index (χ2n) is 5.66. The van der Waals surface area contributed by atoms with Gasteiger partial charge in [0, 0.05) is 12.1 Å². The fraction of sp³-hybridized carbons (Fsp3) is 1.00. The maximum atomic E-state index is 3.85. The quantitative estimate of drug-likeness (QED) is 0.567. The third-order valence-corrected chi connectivity index (χ3v) is 4.31. The molecule has 0 aromatic carbocycles. The molecule has 0 aromatic heterocycles. The lowest BCUT2D eigenvalue weighted by Gasteiger charge is -2.31. The first-order valence-electron chi connectivity index (χ1n) is 7.86. The summed E-state index contributed by atoms with van der Waals surface area (Å²) < 4.78 is 0. The van der Waals surface area contributed by atoms with E-state index in [9.17, 15) is 0 Å². The molecule has 0 aliphatic rings. The van der Waals surface area contributed by atoms with Crippen LogP contribution in [0.5, 0.6) is 0 Å². The average molecular weight is 241 g/mol. The van der Waals surface area contributed by atoms with Crippen LogP contribution in [0.2, 0.25) is 0 Å². The van der Waals surface area contributed by atoms with Crippen LogP contribution >= 0.6 is 0 Å². The molecule has 1 N–H and O–H groups in total. The Balaban J connectivity index is 4.18. The Morgan fingerprint density at radius 1 is 0.706 bits per heavy atom. The number of hydrogen-bond donors (Lipinski definition) is 1. The monoisotopic (exact) mass is 241 g/mol. The molecule has 1 heteroatoms. The molecule has 0 saturated carbocycles. The van der Waals surface area contributed by atoms with E-state index in [1.807, 2.05) is 0 Å². The Morgan fingerprint density at radius 2 is 1.06 bits per heavy atom. The summed E-state index contributed by atoms with van der Waals surface area (Å²) in [5, 5.41) is 3.85. The highest BCUT2D eigenvalue weighted by atomic mass is 14.9. The van der Waals surface area contributed by atoms with Crippen molar-refractivity contribution >= 4 is 0 Å². The van der Waals surface area contributed by atoms with Crippen molar-refractivity contribution in [3.05, 3.63) is 0 Å². The molecule has 0 aliphatic heterocycles. The Labute approximate surface area is 110 Å². The summed E-state index contributed by atoms with van der Waals surface area (Å²) in [6, 6.07) is 1.33. The Morgan fingerprint density at radius 3 is 1.29 bits per heavy atom. The van der Waals surface area contributed by atoms with Crippen LogP contribution in [0.1, 0.15) is 80.1 Å². The lowest BCUT2D eigenvalue weighted by atomic mass is 9.89. The summed E-state index contributed by atoms with van der Waals surface area (Å²) >= 11 is 0. The summed E-state index contributed by atoms with van der Waals surface area (Å²) in [5.74, 6) is 1.70. The van der Waals surface area contributed by atoms with Crippen molar-refractivity contribution in [2.75, 3.05) is 0 Å². The van der Waals surface area contributed by atoms with Gasteiger partial charge >= 0.3 is 0 Å². The van der Waals surface area contributed by atoms with Crippen LogP contribution in [-0.4, -0.2) is 12.1 Å². The Hall–Kier alpha value is -0.0400. The van der Waals surface area contributed by atoms with E-state index in [2.05, 4.69) is 46.9 Å². The highest BCUT2D eigenvalue weighted by molar-refractivity contribution is 4.78. The standard InChI is InChI=1S/C16H35N/c1-7-11-15(9-3)13(5)17-14(6)16(10-4)12-8-2/h13-17H,7-12H2,1-6H3. The Bertz CT molecular complexity index is 149. The predicted octanol–water partition coefficient (Wildman–Crippen LogP) is 5.01. The van der Waals surface area contributed by atoms with Crippen LogP contribution in [0.3, 0.4) is 0 Å². The summed E-state index contributed by atoms with van der Waals surface area (Å²) in [5.41, 5.74) is 0. The minimum Gasteiger partial charge on any atom is -0.311 e. The van der Waals surface area contributed by atoms with Crippen molar-refractivity contribution < 1.29 is 0 Å². The van der Waals surface area contributed by atoms with Gasteiger partial charge in [-0.05, 0) is 38.5 Å². The molecule has 1 nitrogen and oxygen atoms in total. The third kappa shape index (κ3) is 6.45. The van der Waals surface area contributed by atoms with Gasteiger partial charge in [0.1, 0.15) is 0 Å². The SMILES string of the molecule is CCCC(CC)C(C)NC(C)C(CC)CCC. The maximum Gasteiger partial charge on any atom is 0.00694 e. The number of hydrogen-bond acceptors (Lipinski definition) is 1. The zero-order chi connectivity index (χ0) is 13.3. The molecule has 0 spiro atoms. The smallest absolute Gasteiger partial charge is 0.00694 e. The fourth-order valence-corrected chi connectivity index (χ4v) is 3.04. The van der Waals surface area contributed by atoms with Crippen LogP contribution in [0, 0.1) is 11.8 Å². The number of nitrogens with one attached hydrogen (secondary N) is 1. The van der Waals surface area contributed by atoms with Crippen molar-refractivity contribution in [3.8, 4) is 0 Å². The lowest BCUT2D eigenvalue weighted by Crippen LogP contribution is -2.43. The van der Waals surface area contributed by atoms with Gasteiger partial charge in [0.2, 0.25) is 0 Å². The van der Waals surface area contributed by atoms with Crippen molar-refractivity contribution in [3.63, 3.8) is 0 Å². The van der Waals surface area contributed by atoms with E-state index >= 15 is 0 Å². The zero-order valence-corrected chi connectivity index (χ0v) is 13.1. The first-order chi connectivity index (χ1) is 8.10. The fourth-order valence-electron chi connectivity index (χ4n) is 3.04. The van der Waals surface area contributed by atoms with E-state index in [0.717, 1.165) is 11.8 Å². The van der Waals surface area contributed by atoms with Crippen molar-refractivity contribution in [1.29, 1.82) is 0 Å². The minimum absolute atomic E-state index is 0.667. The number of rotatable bonds is 10. The van der Waals surface area contributed by atoms with Crippen LogP contribution < -0.4 is 5.32 Å². The van der Waals surface area contributed by atoms with Gasteiger partial charge in [-0.15, -0.1) is 0 Å². The van der Waals surface area contributed by atoms with Gasteiger partial charge in [0.05, 0.1) is 0 Å². The molecular formula is C16H35N. The summed E-state index contributed by atoms with van der Waals surface area (Å²) in [4.78, 5) is 0. The van der Waals surface area contributed by atoms with Crippen LogP contribution in [0.25, 0.3) is 0 Å². The molecule has 0 rings (SSSR count). The average Bonchev–Trinajstić information content (AvgIpc) is 2.32. The van der Waals surface area contributed by atoms with E-state index in [-0.39, 0.29) is 0 Å². The highest BCUT2D eigenvalue weighted by Crippen LogP contribution is 2.20. The molecule has 0 fully saturated rings. The van der Waals surface area contributed by atoms with Crippen LogP contribution in [-0.2, 0) is 0 Å². The van der Waals surface area contributed by atoms with Crippen molar-refractivity contribution in [2.24, 2.45) is 11.8 Å². The minimum atomic E-state index is 0.667. The second kappa shape index (κ2) is 9.94. The summed E-state index contributed by atoms with van der Waals surface area (Å²) in [6.45, 7) is 14.0. The highest BCUT2D eigenvalue weighted by Gasteiger charge is 2.20. The molecule has 0 radical (unpaired) electrons. The molecular weight excluding hydrogens is 206 g/mol. The summed E-state index contributed by atoms with van der Waals surface area (Å²) in [7, 11) is 0. The van der Waals surface area contributed by atoms with E-state index in [0.29, 0.717) is 12.1 Å². The zero-order valence-electron chi connectivity index (χ0n) is 13.1. The molecule has 0 amide bonds.